The van der Waals surface area contributed by atoms with Gasteiger partial charge in [-0.1, -0.05) is 13.0 Å². The first-order chi connectivity index (χ1) is 9.60. The SMILES string of the molecule is CCC(C)NC(=O)CNCc1ccc(OC)cc1OC. The summed E-state index contributed by atoms with van der Waals surface area (Å²) in [5.74, 6) is 1.51. The van der Waals surface area contributed by atoms with Crippen LogP contribution in [0, 0.1) is 0 Å². The van der Waals surface area contributed by atoms with Crippen molar-refractivity contribution in [3.63, 3.8) is 0 Å². The summed E-state index contributed by atoms with van der Waals surface area (Å²) in [4.78, 5) is 11.6. The molecule has 0 bridgehead atoms. The predicted molar refractivity (Wildman–Crippen MR) is 79.1 cm³/mol. The molecule has 1 amide bonds. The maximum absolute atomic E-state index is 11.6. The molecule has 112 valence electrons. The third kappa shape index (κ3) is 5.09. The molecule has 0 aliphatic carbocycles. The van der Waals surface area contributed by atoms with Gasteiger partial charge in [0.2, 0.25) is 5.91 Å². The van der Waals surface area contributed by atoms with Crippen LogP contribution < -0.4 is 20.1 Å². The van der Waals surface area contributed by atoms with Crippen LogP contribution >= 0.6 is 0 Å². The average molecular weight is 280 g/mol. The molecule has 0 aliphatic heterocycles. The molecule has 5 nitrogen and oxygen atoms in total. The first kappa shape index (κ1) is 16.3. The van der Waals surface area contributed by atoms with Gasteiger partial charge in [0.1, 0.15) is 11.5 Å². The minimum absolute atomic E-state index is 0.00632. The second-order valence-corrected chi connectivity index (χ2v) is 4.66. The summed E-state index contributed by atoms with van der Waals surface area (Å²) in [7, 11) is 3.24. The van der Waals surface area contributed by atoms with Crippen LogP contribution in [0.25, 0.3) is 0 Å². The summed E-state index contributed by atoms with van der Waals surface area (Å²) in [6, 6.07) is 5.84. The molecule has 20 heavy (non-hydrogen) atoms. The van der Waals surface area contributed by atoms with Gasteiger partial charge in [-0.3, -0.25) is 4.79 Å². The minimum atomic E-state index is 0.00632. The average Bonchev–Trinajstić information content (AvgIpc) is 2.47. The predicted octanol–water partition coefficient (Wildman–Crippen LogP) is 1.71. The molecule has 0 aromatic heterocycles. The maximum atomic E-state index is 11.6. The lowest BCUT2D eigenvalue weighted by atomic mass is 10.2. The molecule has 0 heterocycles. The Morgan fingerprint density at radius 2 is 2.05 bits per heavy atom. The third-order valence-electron chi connectivity index (χ3n) is 3.12. The van der Waals surface area contributed by atoms with E-state index in [1.54, 1.807) is 14.2 Å². The number of benzene rings is 1. The van der Waals surface area contributed by atoms with E-state index in [1.165, 1.54) is 0 Å². The minimum Gasteiger partial charge on any atom is -0.497 e. The van der Waals surface area contributed by atoms with Crippen molar-refractivity contribution in [3.8, 4) is 11.5 Å². The van der Waals surface area contributed by atoms with Gasteiger partial charge in [0, 0.05) is 24.2 Å². The second-order valence-electron chi connectivity index (χ2n) is 4.66. The molecular formula is C15H24N2O3. The topological polar surface area (TPSA) is 59.6 Å². The quantitative estimate of drug-likeness (QED) is 0.761. The molecule has 0 saturated heterocycles. The summed E-state index contributed by atoms with van der Waals surface area (Å²) in [5.41, 5.74) is 0.990. The molecule has 0 radical (unpaired) electrons. The summed E-state index contributed by atoms with van der Waals surface area (Å²) < 4.78 is 10.5. The van der Waals surface area contributed by atoms with E-state index >= 15 is 0 Å². The number of amides is 1. The van der Waals surface area contributed by atoms with E-state index in [1.807, 2.05) is 32.0 Å². The Morgan fingerprint density at radius 1 is 1.30 bits per heavy atom. The Kier molecular flexibility index (Phi) is 6.87. The van der Waals surface area contributed by atoms with Crippen molar-refractivity contribution in [3.05, 3.63) is 23.8 Å². The van der Waals surface area contributed by atoms with Crippen LogP contribution in [0.1, 0.15) is 25.8 Å². The van der Waals surface area contributed by atoms with Gasteiger partial charge >= 0.3 is 0 Å². The van der Waals surface area contributed by atoms with E-state index in [-0.39, 0.29) is 11.9 Å². The highest BCUT2D eigenvalue weighted by Crippen LogP contribution is 2.24. The van der Waals surface area contributed by atoms with Crippen LogP contribution in [-0.2, 0) is 11.3 Å². The van der Waals surface area contributed by atoms with Gasteiger partial charge in [-0.05, 0) is 19.4 Å². The van der Waals surface area contributed by atoms with E-state index in [0.717, 1.165) is 23.5 Å². The van der Waals surface area contributed by atoms with E-state index in [2.05, 4.69) is 10.6 Å². The van der Waals surface area contributed by atoms with Gasteiger partial charge in [0.25, 0.3) is 0 Å². The second kappa shape index (κ2) is 8.43. The number of ether oxygens (including phenoxy) is 2. The number of hydrogen-bond acceptors (Lipinski definition) is 4. The molecule has 1 aromatic carbocycles. The van der Waals surface area contributed by atoms with E-state index in [9.17, 15) is 4.79 Å². The van der Waals surface area contributed by atoms with Gasteiger partial charge in [-0.15, -0.1) is 0 Å². The van der Waals surface area contributed by atoms with E-state index < -0.39 is 0 Å². The normalized spacial score (nSPS) is 11.8. The van der Waals surface area contributed by atoms with Crippen LogP contribution in [-0.4, -0.2) is 32.7 Å². The summed E-state index contributed by atoms with van der Waals surface area (Å²) in [6.07, 6.45) is 0.929. The lowest BCUT2D eigenvalue weighted by molar-refractivity contribution is -0.120. The van der Waals surface area contributed by atoms with Crippen LogP contribution in [0.3, 0.4) is 0 Å². The van der Waals surface area contributed by atoms with Gasteiger partial charge in [0.05, 0.1) is 20.8 Å². The third-order valence-corrected chi connectivity index (χ3v) is 3.12. The number of nitrogens with one attached hydrogen (secondary N) is 2. The standard InChI is InChI=1S/C15H24N2O3/c1-5-11(2)17-15(18)10-16-9-12-6-7-13(19-3)8-14(12)20-4/h6-8,11,16H,5,9-10H2,1-4H3,(H,17,18). The summed E-state index contributed by atoms with van der Waals surface area (Å²) in [5, 5.41) is 6.02. The van der Waals surface area contributed by atoms with Crippen molar-refractivity contribution in [2.24, 2.45) is 0 Å². The van der Waals surface area contributed by atoms with Crippen molar-refractivity contribution in [2.75, 3.05) is 20.8 Å². The highest BCUT2D eigenvalue weighted by Gasteiger charge is 2.07. The number of rotatable bonds is 8. The highest BCUT2D eigenvalue weighted by atomic mass is 16.5. The van der Waals surface area contributed by atoms with Crippen molar-refractivity contribution < 1.29 is 14.3 Å². The number of carbonyl (C=O) groups is 1. The van der Waals surface area contributed by atoms with E-state index in [4.69, 9.17) is 9.47 Å². The molecule has 1 aromatic rings. The van der Waals surface area contributed by atoms with Crippen molar-refractivity contribution >= 4 is 5.91 Å². The van der Waals surface area contributed by atoms with Crippen molar-refractivity contribution in [1.82, 2.24) is 10.6 Å². The number of methoxy groups -OCH3 is 2. The Hall–Kier alpha value is -1.75. The van der Waals surface area contributed by atoms with Crippen LogP contribution in [0.5, 0.6) is 11.5 Å². The van der Waals surface area contributed by atoms with Gasteiger partial charge in [-0.25, -0.2) is 0 Å². The molecule has 0 spiro atoms. The zero-order valence-corrected chi connectivity index (χ0v) is 12.7. The van der Waals surface area contributed by atoms with Crippen LogP contribution in [0.15, 0.2) is 18.2 Å². The largest absolute Gasteiger partial charge is 0.497 e. The zero-order chi connectivity index (χ0) is 15.0. The van der Waals surface area contributed by atoms with Crippen molar-refractivity contribution in [2.45, 2.75) is 32.9 Å². The van der Waals surface area contributed by atoms with Gasteiger partial charge < -0.3 is 20.1 Å². The fourth-order valence-electron chi connectivity index (χ4n) is 1.74. The smallest absolute Gasteiger partial charge is 0.234 e. The lowest BCUT2D eigenvalue weighted by Gasteiger charge is -2.13. The fraction of sp³-hybridized carbons (Fsp3) is 0.533. The summed E-state index contributed by atoms with van der Waals surface area (Å²) >= 11 is 0. The van der Waals surface area contributed by atoms with E-state index in [0.29, 0.717) is 13.1 Å². The zero-order valence-electron chi connectivity index (χ0n) is 12.7. The molecule has 1 atom stereocenters. The van der Waals surface area contributed by atoms with Crippen molar-refractivity contribution in [1.29, 1.82) is 0 Å². The molecule has 1 rings (SSSR count). The molecule has 2 N–H and O–H groups in total. The Morgan fingerprint density at radius 3 is 2.65 bits per heavy atom. The maximum Gasteiger partial charge on any atom is 0.234 e. The Labute approximate surface area is 120 Å². The fourth-order valence-corrected chi connectivity index (χ4v) is 1.74. The summed E-state index contributed by atoms with van der Waals surface area (Å²) in [6.45, 7) is 4.89. The molecule has 0 saturated carbocycles. The first-order valence-electron chi connectivity index (χ1n) is 6.81. The molecule has 0 aliphatic rings. The van der Waals surface area contributed by atoms with Crippen LogP contribution in [0.2, 0.25) is 0 Å². The Balaban J connectivity index is 2.47. The molecular weight excluding hydrogens is 256 g/mol. The van der Waals surface area contributed by atoms with Gasteiger partial charge in [-0.2, -0.15) is 0 Å². The Bertz CT molecular complexity index is 435. The lowest BCUT2D eigenvalue weighted by Crippen LogP contribution is -2.38. The molecule has 0 fully saturated rings. The van der Waals surface area contributed by atoms with Crippen LogP contribution in [0.4, 0.5) is 0 Å². The molecule has 1 unspecified atom stereocenters. The number of carbonyl (C=O) groups excluding carboxylic acids is 1. The first-order valence-corrected chi connectivity index (χ1v) is 6.81. The monoisotopic (exact) mass is 280 g/mol. The van der Waals surface area contributed by atoms with Gasteiger partial charge in [0.15, 0.2) is 0 Å². The highest BCUT2D eigenvalue weighted by molar-refractivity contribution is 5.78. The number of hydrogen-bond donors (Lipinski definition) is 2. The molecule has 5 heteroatoms.